The molecule has 0 spiro atoms. The molecule has 9 heteroatoms. The Balaban J connectivity index is 2.28. The van der Waals surface area contributed by atoms with Crippen molar-refractivity contribution in [2.24, 2.45) is 0 Å². The summed E-state index contributed by atoms with van der Waals surface area (Å²) in [6.45, 7) is 0. The minimum absolute atomic E-state index is 0.0532. The molecule has 90 valence electrons. The molecule has 0 atom stereocenters. The summed E-state index contributed by atoms with van der Waals surface area (Å²) < 4.78 is 25.8. The van der Waals surface area contributed by atoms with E-state index >= 15 is 0 Å². The Bertz CT molecular complexity index is 630. The van der Waals surface area contributed by atoms with E-state index in [1.165, 1.54) is 17.8 Å². The largest absolute Gasteiger partial charge is 0.478 e. The first-order valence-electron chi connectivity index (χ1n) is 4.32. The van der Waals surface area contributed by atoms with Gasteiger partial charge in [0.15, 0.2) is 0 Å². The van der Waals surface area contributed by atoms with Gasteiger partial charge in [-0.05, 0) is 6.07 Å². The van der Waals surface area contributed by atoms with E-state index in [-0.39, 0.29) is 15.5 Å². The molecule has 0 bridgehead atoms. The lowest BCUT2D eigenvalue weighted by atomic mass is 10.4. The van der Waals surface area contributed by atoms with Gasteiger partial charge in [0.2, 0.25) is 0 Å². The lowest BCUT2D eigenvalue weighted by Gasteiger charge is -2.01. The molecule has 0 aliphatic rings. The van der Waals surface area contributed by atoms with Crippen LogP contribution in [0.1, 0.15) is 10.4 Å². The van der Waals surface area contributed by atoms with Gasteiger partial charge in [-0.3, -0.25) is 9.82 Å². The molecule has 0 unspecified atom stereocenters. The highest BCUT2D eigenvalue weighted by atomic mass is 32.2. The zero-order valence-electron chi connectivity index (χ0n) is 8.25. The molecule has 0 aromatic carbocycles. The van der Waals surface area contributed by atoms with Crippen LogP contribution in [0.15, 0.2) is 28.0 Å². The number of anilines is 1. The van der Waals surface area contributed by atoms with Crippen LogP contribution >= 0.6 is 11.3 Å². The van der Waals surface area contributed by atoms with Crippen LogP contribution in [0.5, 0.6) is 0 Å². The highest BCUT2D eigenvalue weighted by molar-refractivity contribution is 7.94. The summed E-state index contributed by atoms with van der Waals surface area (Å²) in [5.41, 5.74) is 0.234. The molecule has 0 fully saturated rings. The Hall–Kier alpha value is -1.87. The Morgan fingerprint density at radius 1 is 1.53 bits per heavy atom. The second kappa shape index (κ2) is 4.18. The number of aromatic carboxylic acids is 1. The maximum atomic E-state index is 11.8. The number of aromatic nitrogens is 2. The average molecular weight is 273 g/mol. The fourth-order valence-electron chi connectivity index (χ4n) is 1.08. The zero-order chi connectivity index (χ0) is 12.5. The molecular formula is C8H7N3O4S2. The van der Waals surface area contributed by atoms with Crippen LogP contribution in [-0.2, 0) is 10.0 Å². The van der Waals surface area contributed by atoms with E-state index in [0.29, 0.717) is 0 Å². The van der Waals surface area contributed by atoms with Crippen molar-refractivity contribution in [2.45, 2.75) is 4.21 Å². The predicted octanol–water partition coefficient (Wildman–Crippen LogP) is 0.970. The van der Waals surface area contributed by atoms with Crippen molar-refractivity contribution in [3.8, 4) is 0 Å². The molecule has 0 aliphatic carbocycles. The molecular weight excluding hydrogens is 266 g/mol. The molecule has 17 heavy (non-hydrogen) atoms. The van der Waals surface area contributed by atoms with E-state index in [9.17, 15) is 13.2 Å². The molecule has 7 nitrogen and oxygen atoms in total. The Kier molecular flexibility index (Phi) is 2.86. The van der Waals surface area contributed by atoms with Crippen molar-refractivity contribution in [3.63, 3.8) is 0 Å². The summed E-state index contributed by atoms with van der Waals surface area (Å²) in [6.07, 6.45) is 2.69. The van der Waals surface area contributed by atoms with Gasteiger partial charge in [0.05, 0.1) is 17.4 Å². The van der Waals surface area contributed by atoms with Gasteiger partial charge in [-0.1, -0.05) is 0 Å². The van der Waals surface area contributed by atoms with Gasteiger partial charge >= 0.3 is 5.97 Å². The van der Waals surface area contributed by atoms with Crippen molar-refractivity contribution in [1.29, 1.82) is 0 Å². The van der Waals surface area contributed by atoms with Crippen molar-refractivity contribution in [2.75, 3.05) is 4.72 Å². The fraction of sp³-hybridized carbons (Fsp3) is 0. The van der Waals surface area contributed by atoms with E-state index in [0.717, 1.165) is 17.4 Å². The summed E-state index contributed by atoms with van der Waals surface area (Å²) >= 11 is 0.845. The first-order valence-corrected chi connectivity index (χ1v) is 6.69. The highest BCUT2D eigenvalue weighted by Gasteiger charge is 2.19. The summed E-state index contributed by atoms with van der Waals surface area (Å²) in [7, 11) is -3.75. The number of nitrogens with zero attached hydrogens (tertiary/aromatic N) is 1. The Labute approximate surface area is 100 Å². The van der Waals surface area contributed by atoms with Crippen LogP contribution < -0.4 is 4.72 Å². The Morgan fingerprint density at radius 2 is 2.29 bits per heavy atom. The second-order valence-corrected chi connectivity index (χ2v) is 5.87. The van der Waals surface area contributed by atoms with Crippen LogP contribution in [0.4, 0.5) is 5.69 Å². The summed E-state index contributed by atoms with van der Waals surface area (Å²) in [4.78, 5) is 10.6. The Morgan fingerprint density at radius 3 is 2.82 bits per heavy atom. The monoisotopic (exact) mass is 273 g/mol. The quantitative estimate of drug-likeness (QED) is 0.768. The normalized spacial score (nSPS) is 11.3. The van der Waals surface area contributed by atoms with Gasteiger partial charge in [-0.2, -0.15) is 5.10 Å². The molecule has 2 rings (SSSR count). The average Bonchev–Trinajstić information content (AvgIpc) is 2.84. The van der Waals surface area contributed by atoms with Crippen LogP contribution in [0.25, 0.3) is 0 Å². The number of hydrogen-bond acceptors (Lipinski definition) is 5. The summed E-state index contributed by atoms with van der Waals surface area (Å²) in [5, 5.41) is 16.0. The first-order chi connectivity index (χ1) is 7.99. The number of nitrogens with one attached hydrogen (secondary N) is 2. The second-order valence-electron chi connectivity index (χ2n) is 3.05. The molecule has 0 saturated heterocycles. The van der Waals surface area contributed by atoms with Crippen LogP contribution in [0, 0.1) is 0 Å². The van der Waals surface area contributed by atoms with Crippen LogP contribution in [0.2, 0.25) is 0 Å². The summed E-state index contributed by atoms with van der Waals surface area (Å²) in [6, 6.07) is 1.11. The first kappa shape index (κ1) is 11.6. The third kappa shape index (κ3) is 2.45. The summed E-state index contributed by atoms with van der Waals surface area (Å²) in [5.74, 6) is -1.16. The molecule has 2 heterocycles. The van der Waals surface area contributed by atoms with E-state index in [2.05, 4.69) is 14.9 Å². The number of carboxylic acids is 1. The van der Waals surface area contributed by atoms with Crippen molar-refractivity contribution in [1.82, 2.24) is 10.2 Å². The lowest BCUT2D eigenvalue weighted by Crippen LogP contribution is -2.11. The van der Waals surface area contributed by atoms with Gasteiger partial charge in [-0.25, -0.2) is 13.2 Å². The van der Waals surface area contributed by atoms with Crippen molar-refractivity contribution < 1.29 is 18.3 Å². The third-order valence-electron chi connectivity index (χ3n) is 1.84. The molecule has 0 amide bonds. The van der Waals surface area contributed by atoms with E-state index in [4.69, 9.17) is 5.11 Å². The number of hydrogen-bond donors (Lipinski definition) is 3. The number of thiophene rings is 1. The van der Waals surface area contributed by atoms with E-state index in [1.54, 1.807) is 0 Å². The van der Waals surface area contributed by atoms with E-state index < -0.39 is 16.0 Å². The number of aromatic amines is 1. The van der Waals surface area contributed by atoms with Gasteiger partial charge in [0.1, 0.15) is 4.21 Å². The topological polar surface area (TPSA) is 112 Å². The molecule has 3 N–H and O–H groups in total. The SMILES string of the molecule is O=C(O)c1csc(S(=O)(=O)Nc2cn[nH]c2)c1. The molecule has 0 radical (unpaired) electrons. The third-order valence-corrected chi connectivity index (χ3v) is 4.66. The smallest absolute Gasteiger partial charge is 0.336 e. The fourth-order valence-corrected chi connectivity index (χ4v) is 3.27. The minimum atomic E-state index is -3.75. The van der Waals surface area contributed by atoms with Gasteiger partial charge in [0.25, 0.3) is 10.0 Å². The van der Waals surface area contributed by atoms with E-state index in [1.807, 2.05) is 0 Å². The number of rotatable bonds is 4. The lowest BCUT2D eigenvalue weighted by molar-refractivity contribution is 0.0697. The van der Waals surface area contributed by atoms with Crippen molar-refractivity contribution >= 4 is 33.0 Å². The maximum Gasteiger partial charge on any atom is 0.336 e. The molecule has 2 aromatic rings. The van der Waals surface area contributed by atoms with Crippen LogP contribution in [0.3, 0.4) is 0 Å². The number of carboxylic acid groups (broad SMARTS) is 1. The zero-order valence-corrected chi connectivity index (χ0v) is 9.88. The van der Waals surface area contributed by atoms with Gasteiger partial charge < -0.3 is 5.11 Å². The number of carbonyl (C=O) groups is 1. The maximum absolute atomic E-state index is 11.8. The molecule has 2 aromatic heterocycles. The standard InChI is InChI=1S/C8H7N3O4S2/c12-8(13)5-1-7(16-4-5)17(14,15)11-6-2-9-10-3-6/h1-4,11H,(H,9,10)(H,12,13). The van der Waals surface area contributed by atoms with Crippen LogP contribution in [-0.4, -0.2) is 29.7 Å². The predicted molar refractivity (Wildman–Crippen MR) is 60.7 cm³/mol. The van der Waals surface area contributed by atoms with Crippen molar-refractivity contribution in [3.05, 3.63) is 29.4 Å². The highest BCUT2D eigenvalue weighted by Crippen LogP contribution is 2.22. The van der Waals surface area contributed by atoms with Gasteiger partial charge in [-0.15, -0.1) is 11.3 Å². The minimum Gasteiger partial charge on any atom is -0.478 e. The van der Waals surface area contributed by atoms with Gasteiger partial charge in [0, 0.05) is 11.6 Å². The number of sulfonamides is 1. The molecule has 0 saturated carbocycles. The number of H-pyrrole nitrogens is 1. The molecule has 0 aliphatic heterocycles.